The monoisotopic (exact) mass is 176 g/mol. The fraction of sp³-hybridized carbons (Fsp3) is 0.500. The Morgan fingerprint density at radius 2 is 1.85 bits per heavy atom. The summed E-state index contributed by atoms with van der Waals surface area (Å²) >= 11 is 0. The van der Waals surface area contributed by atoms with Crippen LogP contribution >= 0.6 is 0 Å². The first kappa shape index (κ1) is 8.76. The Balaban J connectivity index is 1.87. The van der Waals surface area contributed by atoms with E-state index in [1.807, 2.05) is 0 Å². The first-order valence-corrected chi connectivity index (χ1v) is 5.06. The van der Waals surface area contributed by atoms with E-state index in [-0.39, 0.29) is 0 Å². The zero-order valence-corrected chi connectivity index (χ0v) is 7.82. The van der Waals surface area contributed by atoms with Gasteiger partial charge >= 0.3 is 0 Å². The number of hydrogen-bond acceptors (Lipinski definition) is 1. The summed E-state index contributed by atoms with van der Waals surface area (Å²) < 4.78 is 0. The standard InChI is InChI=1S/C12H16O/c13-7-6-10-8-12(9-10)11-4-2-1-3-5-11/h1-5,10,12-13H,6-9H2. The molecule has 0 heterocycles. The van der Waals surface area contributed by atoms with Gasteiger partial charge in [0.2, 0.25) is 0 Å². The molecule has 1 saturated carbocycles. The average Bonchev–Trinajstić information content (AvgIpc) is 2.12. The summed E-state index contributed by atoms with van der Waals surface area (Å²) in [5.41, 5.74) is 1.47. The van der Waals surface area contributed by atoms with Gasteiger partial charge < -0.3 is 5.11 Å². The topological polar surface area (TPSA) is 20.2 Å². The molecule has 0 radical (unpaired) electrons. The summed E-state index contributed by atoms with van der Waals surface area (Å²) in [4.78, 5) is 0. The fourth-order valence-corrected chi connectivity index (χ4v) is 2.15. The van der Waals surface area contributed by atoms with Crippen molar-refractivity contribution in [2.24, 2.45) is 5.92 Å². The maximum Gasteiger partial charge on any atom is 0.0433 e. The molecule has 0 aliphatic heterocycles. The molecule has 1 nitrogen and oxygen atoms in total. The predicted molar refractivity (Wildman–Crippen MR) is 53.6 cm³/mol. The van der Waals surface area contributed by atoms with E-state index in [1.165, 1.54) is 18.4 Å². The molecule has 1 aromatic rings. The molecule has 0 amide bonds. The molecule has 1 N–H and O–H groups in total. The smallest absolute Gasteiger partial charge is 0.0433 e. The van der Waals surface area contributed by atoms with Gasteiger partial charge in [-0.05, 0) is 36.7 Å². The second-order valence-corrected chi connectivity index (χ2v) is 3.96. The fourth-order valence-electron chi connectivity index (χ4n) is 2.15. The summed E-state index contributed by atoms with van der Waals surface area (Å²) in [5, 5.41) is 8.76. The number of aliphatic hydroxyl groups is 1. The van der Waals surface area contributed by atoms with Gasteiger partial charge in [-0.3, -0.25) is 0 Å². The molecule has 1 aliphatic carbocycles. The van der Waals surface area contributed by atoms with Crippen molar-refractivity contribution in [1.82, 2.24) is 0 Å². The van der Waals surface area contributed by atoms with Crippen molar-refractivity contribution in [1.29, 1.82) is 0 Å². The van der Waals surface area contributed by atoms with E-state index in [4.69, 9.17) is 5.11 Å². The third-order valence-electron chi connectivity index (χ3n) is 3.04. The highest BCUT2D eigenvalue weighted by molar-refractivity contribution is 5.21. The van der Waals surface area contributed by atoms with Crippen LogP contribution in [0.15, 0.2) is 30.3 Å². The number of rotatable bonds is 3. The zero-order valence-electron chi connectivity index (χ0n) is 7.82. The van der Waals surface area contributed by atoms with Crippen molar-refractivity contribution < 1.29 is 5.11 Å². The molecule has 1 aromatic carbocycles. The van der Waals surface area contributed by atoms with Crippen LogP contribution in [-0.4, -0.2) is 11.7 Å². The Labute approximate surface area is 79.4 Å². The summed E-state index contributed by atoms with van der Waals surface area (Å²) in [6.07, 6.45) is 3.53. The summed E-state index contributed by atoms with van der Waals surface area (Å²) in [6.45, 7) is 0.353. The van der Waals surface area contributed by atoms with Gasteiger partial charge in [-0.1, -0.05) is 30.3 Å². The van der Waals surface area contributed by atoms with Crippen LogP contribution in [0.1, 0.15) is 30.7 Å². The number of aliphatic hydroxyl groups excluding tert-OH is 1. The van der Waals surface area contributed by atoms with Crippen LogP contribution in [0, 0.1) is 5.92 Å². The van der Waals surface area contributed by atoms with E-state index in [0.717, 1.165) is 18.3 Å². The molecule has 0 spiro atoms. The molecule has 2 rings (SSSR count). The Kier molecular flexibility index (Phi) is 2.65. The van der Waals surface area contributed by atoms with Crippen molar-refractivity contribution in [2.45, 2.75) is 25.2 Å². The van der Waals surface area contributed by atoms with Gasteiger partial charge in [-0.2, -0.15) is 0 Å². The Hall–Kier alpha value is -0.820. The quantitative estimate of drug-likeness (QED) is 0.750. The lowest BCUT2D eigenvalue weighted by Crippen LogP contribution is -2.22. The van der Waals surface area contributed by atoms with Crippen molar-refractivity contribution >= 4 is 0 Å². The molecule has 13 heavy (non-hydrogen) atoms. The summed E-state index contributed by atoms with van der Waals surface area (Å²) in [6, 6.07) is 10.7. The first-order chi connectivity index (χ1) is 6.40. The third kappa shape index (κ3) is 1.92. The van der Waals surface area contributed by atoms with E-state index >= 15 is 0 Å². The van der Waals surface area contributed by atoms with Gasteiger partial charge in [0.25, 0.3) is 0 Å². The molecule has 70 valence electrons. The van der Waals surface area contributed by atoms with Crippen LogP contribution in [0.3, 0.4) is 0 Å². The van der Waals surface area contributed by atoms with Gasteiger partial charge in [-0.15, -0.1) is 0 Å². The molecule has 0 aromatic heterocycles. The Morgan fingerprint density at radius 3 is 2.46 bits per heavy atom. The normalized spacial score (nSPS) is 26.8. The minimum atomic E-state index is 0.353. The highest BCUT2D eigenvalue weighted by atomic mass is 16.3. The minimum Gasteiger partial charge on any atom is -0.396 e. The minimum absolute atomic E-state index is 0.353. The van der Waals surface area contributed by atoms with Crippen molar-refractivity contribution in [3.63, 3.8) is 0 Å². The van der Waals surface area contributed by atoms with Gasteiger partial charge in [0, 0.05) is 6.61 Å². The van der Waals surface area contributed by atoms with Gasteiger partial charge in [0.1, 0.15) is 0 Å². The highest BCUT2D eigenvalue weighted by Gasteiger charge is 2.29. The Morgan fingerprint density at radius 1 is 1.15 bits per heavy atom. The molecule has 1 fully saturated rings. The Bertz CT molecular complexity index is 249. The number of hydrogen-bond donors (Lipinski definition) is 1. The van der Waals surface area contributed by atoms with E-state index < -0.39 is 0 Å². The van der Waals surface area contributed by atoms with Crippen LogP contribution in [0.5, 0.6) is 0 Å². The van der Waals surface area contributed by atoms with Gasteiger partial charge in [-0.25, -0.2) is 0 Å². The molecule has 1 aliphatic rings. The lowest BCUT2D eigenvalue weighted by molar-refractivity contribution is 0.186. The zero-order chi connectivity index (χ0) is 9.10. The largest absolute Gasteiger partial charge is 0.396 e. The summed E-state index contributed by atoms with van der Waals surface area (Å²) in [5.74, 6) is 1.54. The van der Waals surface area contributed by atoms with Crippen LogP contribution in [-0.2, 0) is 0 Å². The van der Waals surface area contributed by atoms with Gasteiger partial charge in [0.15, 0.2) is 0 Å². The maximum atomic E-state index is 8.76. The SMILES string of the molecule is OCCC1CC(c2ccccc2)C1. The average molecular weight is 176 g/mol. The molecular formula is C12H16O. The van der Waals surface area contributed by atoms with Crippen molar-refractivity contribution in [2.75, 3.05) is 6.61 Å². The van der Waals surface area contributed by atoms with E-state index in [9.17, 15) is 0 Å². The highest BCUT2D eigenvalue weighted by Crippen LogP contribution is 2.42. The lowest BCUT2D eigenvalue weighted by Gasteiger charge is -2.35. The van der Waals surface area contributed by atoms with Gasteiger partial charge in [0.05, 0.1) is 0 Å². The molecule has 1 heteroatoms. The second kappa shape index (κ2) is 3.93. The molecule has 0 atom stereocenters. The van der Waals surface area contributed by atoms with Crippen LogP contribution in [0.2, 0.25) is 0 Å². The van der Waals surface area contributed by atoms with E-state index in [2.05, 4.69) is 30.3 Å². The second-order valence-electron chi connectivity index (χ2n) is 3.96. The van der Waals surface area contributed by atoms with Crippen LogP contribution in [0.4, 0.5) is 0 Å². The molecule has 0 bridgehead atoms. The van der Waals surface area contributed by atoms with E-state index in [0.29, 0.717) is 6.61 Å². The van der Waals surface area contributed by atoms with Crippen molar-refractivity contribution in [3.05, 3.63) is 35.9 Å². The molecule has 0 saturated heterocycles. The predicted octanol–water partition coefficient (Wildman–Crippen LogP) is 2.56. The van der Waals surface area contributed by atoms with Crippen LogP contribution < -0.4 is 0 Å². The van der Waals surface area contributed by atoms with E-state index in [1.54, 1.807) is 0 Å². The molecular weight excluding hydrogens is 160 g/mol. The first-order valence-electron chi connectivity index (χ1n) is 5.06. The van der Waals surface area contributed by atoms with Crippen LogP contribution in [0.25, 0.3) is 0 Å². The molecule has 0 unspecified atom stereocenters. The third-order valence-corrected chi connectivity index (χ3v) is 3.04. The summed E-state index contributed by atoms with van der Waals surface area (Å²) in [7, 11) is 0. The lowest BCUT2D eigenvalue weighted by atomic mass is 9.70. The number of benzene rings is 1. The van der Waals surface area contributed by atoms with Crippen molar-refractivity contribution in [3.8, 4) is 0 Å². The maximum absolute atomic E-state index is 8.76.